The van der Waals surface area contributed by atoms with Crippen LogP contribution in [0, 0.1) is 15.9 Å². The zero-order valence-electron chi connectivity index (χ0n) is 10.1. The lowest BCUT2D eigenvalue weighted by atomic mass is 10.1. The van der Waals surface area contributed by atoms with Crippen LogP contribution >= 0.6 is 0 Å². The van der Waals surface area contributed by atoms with Crippen molar-refractivity contribution in [2.45, 2.75) is 0 Å². The molecule has 0 radical (unpaired) electrons. The number of nitrogen functional groups attached to an aromatic ring is 1. The van der Waals surface area contributed by atoms with Crippen molar-refractivity contribution in [2.24, 2.45) is 0 Å². The number of nitrogens with two attached hydrogens (primary N) is 1. The zero-order valence-corrected chi connectivity index (χ0v) is 10.1. The minimum Gasteiger partial charge on any atom is -0.393 e. The summed E-state index contributed by atoms with van der Waals surface area (Å²) in [5.41, 5.74) is 7.07. The van der Waals surface area contributed by atoms with Crippen molar-refractivity contribution in [1.82, 2.24) is 9.97 Å². The van der Waals surface area contributed by atoms with E-state index in [-0.39, 0.29) is 17.2 Å². The molecule has 0 aliphatic heterocycles. The van der Waals surface area contributed by atoms with Crippen molar-refractivity contribution >= 4 is 22.4 Å². The van der Waals surface area contributed by atoms with Crippen molar-refractivity contribution in [2.75, 3.05) is 5.73 Å². The molecule has 0 aliphatic carbocycles. The number of H-pyrrole nitrogens is 1. The Morgan fingerprint density at radius 3 is 2.80 bits per heavy atom. The number of nitrogens with zero attached hydrogens (tertiary/aromatic N) is 2. The van der Waals surface area contributed by atoms with Crippen LogP contribution in [-0.4, -0.2) is 14.9 Å². The number of imidazole rings is 1. The highest BCUT2D eigenvalue weighted by Gasteiger charge is 2.14. The van der Waals surface area contributed by atoms with Crippen LogP contribution in [0.25, 0.3) is 22.4 Å². The van der Waals surface area contributed by atoms with Crippen LogP contribution in [0.1, 0.15) is 0 Å². The van der Waals surface area contributed by atoms with E-state index >= 15 is 0 Å². The Morgan fingerprint density at radius 1 is 1.25 bits per heavy atom. The van der Waals surface area contributed by atoms with Crippen molar-refractivity contribution < 1.29 is 9.31 Å². The highest BCUT2D eigenvalue weighted by atomic mass is 19.1. The molecule has 1 heterocycles. The highest BCUT2D eigenvalue weighted by molar-refractivity contribution is 5.80. The van der Waals surface area contributed by atoms with Gasteiger partial charge in [-0.25, -0.2) is 9.37 Å². The van der Waals surface area contributed by atoms with Crippen molar-refractivity contribution in [3.63, 3.8) is 0 Å². The Morgan fingerprint density at radius 2 is 2.05 bits per heavy atom. The molecule has 3 aromatic rings. The molecular formula is C13H9FN4O2. The third-order valence-corrected chi connectivity index (χ3v) is 2.94. The smallest absolute Gasteiger partial charge is 0.292 e. The number of nitro benzene ring substituents is 1. The van der Waals surface area contributed by atoms with Gasteiger partial charge in [-0.3, -0.25) is 10.1 Å². The van der Waals surface area contributed by atoms with Gasteiger partial charge in [-0.15, -0.1) is 0 Å². The molecule has 6 nitrogen and oxygen atoms in total. The van der Waals surface area contributed by atoms with E-state index in [9.17, 15) is 14.5 Å². The van der Waals surface area contributed by atoms with Crippen LogP contribution in [0.3, 0.4) is 0 Å². The number of rotatable bonds is 2. The van der Waals surface area contributed by atoms with E-state index in [1.165, 1.54) is 30.3 Å². The molecule has 7 heteroatoms. The van der Waals surface area contributed by atoms with Gasteiger partial charge in [0.05, 0.1) is 16.0 Å². The number of halogens is 1. The maximum atomic E-state index is 13.1. The predicted molar refractivity (Wildman–Crippen MR) is 72.6 cm³/mol. The van der Waals surface area contributed by atoms with Crippen LogP contribution < -0.4 is 5.73 Å². The maximum Gasteiger partial charge on any atom is 0.292 e. The van der Waals surface area contributed by atoms with Crippen LogP contribution in [-0.2, 0) is 0 Å². The normalized spacial score (nSPS) is 10.8. The fourth-order valence-corrected chi connectivity index (χ4v) is 1.97. The topological polar surface area (TPSA) is 97.8 Å². The monoisotopic (exact) mass is 272 g/mol. The number of nitrogens with one attached hydrogen (secondary N) is 1. The summed E-state index contributed by atoms with van der Waals surface area (Å²) in [4.78, 5) is 17.5. The molecule has 0 saturated heterocycles. The maximum absolute atomic E-state index is 13.1. The lowest BCUT2D eigenvalue weighted by Gasteiger charge is -1.99. The van der Waals surface area contributed by atoms with Gasteiger partial charge in [0.15, 0.2) is 0 Å². The Labute approximate surface area is 112 Å². The number of anilines is 1. The zero-order chi connectivity index (χ0) is 14.3. The van der Waals surface area contributed by atoms with Gasteiger partial charge in [0.25, 0.3) is 5.69 Å². The summed E-state index contributed by atoms with van der Waals surface area (Å²) >= 11 is 0. The van der Waals surface area contributed by atoms with E-state index in [0.717, 1.165) is 0 Å². The molecule has 0 fully saturated rings. The molecule has 3 rings (SSSR count). The average molecular weight is 272 g/mol. The first-order chi connectivity index (χ1) is 9.54. The first-order valence-corrected chi connectivity index (χ1v) is 5.74. The fraction of sp³-hybridized carbons (Fsp3) is 0. The molecule has 100 valence electrons. The average Bonchev–Trinajstić information content (AvgIpc) is 2.81. The first-order valence-electron chi connectivity index (χ1n) is 5.74. The van der Waals surface area contributed by atoms with Crippen LogP contribution in [0.5, 0.6) is 0 Å². The molecule has 1 aromatic heterocycles. The number of aromatic nitrogens is 2. The third kappa shape index (κ3) is 1.95. The summed E-state index contributed by atoms with van der Waals surface area (Å²) in [6.45, 7) is 0. The Balaban J connectivity index is 2.15. The van der Waals surface area contributed by atoms with Gasteiger partial charge in [-0.05, 0) is 30.3 Å². The number of hydrogen-bond acceptors (Lipinski definition) is 4. The molecule has 0 amide bonds. The second kappa shape index (κ2) is 4.30. The minimum atomic E-state index is -0.554. The van der Waals surface area contributed by atoms with Gasteiger partial charge >= 0.3 is 0 Å². The molecule has 3 N–H and O–H groups in total. The minimum absolute atomic E-state index is 0.0842. The molecule has 0 unspecified atom stereocenters. The van der Waals surface area contributed by atoms with E-state index < -0.39 is 4.92 Å². The summed E-state index contributed by atoms with van der Waals surface area (Å²) in [6, 6.07) is 8.56. The fourth-order valence-electron chi connectivity index (χ4n) is 1.97. The summed E-state index contributed by atoms with van der Waals surface area (Å²) in [5, 5.41) is 10.9. The van der Waals surface area contributed by atoms with Crippen molar-refractivity contribution in [3.05, 3.63) is 52.3 Å². The third-order valence-electron chi connectivity index (χ3n) is 2.94. The lowest BCUT2D eigenvalue weighted by Crippen LogP contribution is -1.96. The molecule has 0 spiro atoms. The number of nitro groups is 1. The molecule has 2 aromatic carbocycles. The van der Waals surface area contributed by atoms with Gasteiger partial charge in [-0.2, -0.15) is 0 Å². The molecule has 0 atom stereocenters. The van der Waals surface area contributed by atoms with E-state index in [1.54, 1.807) is 6.07 Å². The van der Waals surface area contributed by atoms with Crippen LogP contribution in [0.4, 0.5) is 15.8 Å². The van der Waals surface area contributed by atoms with Gasteiger partial charge in [-0.1, -0.05) is 0 Å². The van der Waals surface area contributed by atoms with Crippen molar-refractivity contribution in [1.29, 1.82) is 0 Å². The number of hydrogen-bond donors (Lipinski definition) is 2. The lowest BCUT2D eigenvalue weighted by molar-refractivity contribution is -0.383. The summed E-state index contributed by atoms with van der Waals surface area (Å²) in [5.74, 6) is 0.0460. The quantitative estimate of drug-likeness (QED) is 0.425. The number of aromatic amines is 1. The van der Waals surface area contributed by atoms with Gasteiger partial charge in [0.1, 0.15) is 17.3 Å². The summed E-state index contributed by atoms with van der Waals surface area (Å²) < 4.78 is 13.1. The van der Waals surface area contributed by atoms with Crippen molar-refractivity contribution in [3.8, 4) is 11.4 Å². The van der Waals surface area contributed by atoms with E-state index in [0.29, 0.717) is 22.4 Å². The molecule has 20 heavy (non-hydrogen) atoms. The molecular weight excluding hydrogens is 263 g/mol. The summed E-state index contributed by atoms with van der Waals surface area (Å²) in [7, 11) is 0. The van der Waals surface area contributed by atoms with Gasteiger partial charge in [0, 0.05) is 11.6 Å². The Kier molecular flexibility index (Phi) is 2.60. The first kappa shape index (κ1) is 12.1. The second-order valence-corrected chi connectivity index (χ2v) is 4.28. The standard InChI is InChI=1S/C13H9FN4O2/c14-8-2-4-10-11(6-8)17-13(16-10)7-1-3-9(15)12(5-7)18(19)20/h1-6H,15H2,(H,16,17). The second-order valence-electron chi connectivity index (χ2n) is 4.28. The van der Waals surface area contributed by atoms with E-state index in [1.807, 2.05) is 0 Å². The number of fused-ring (bicyclic) bond motifs is 1. The molecule has 0 aliphatic rings. The largest absolute Gasteiger partial charge is 0.393 e. The number of benzene rings is 2. The highest BCUT2D eigenvalue weighted by Crippen LogP contribution is 2.28. The molecule has 0 saturated carbocycles. The predicted octanol–water partition coefficient (Wildman–Crippen LogP) is 2.86. The Bertz CT molecular complexity index is 828. The van der Waals surface area contributed by atoms with E-state index in [4.69, 9.17) is 5.73 Å². The van der Waals surface area contributed by atoms with Crippen LogP contribution in [0.15, 0.2) is 36.4 Å². The van der Waals surface area contributed by atoms with Gasteiger partial charge < -0.3 is 10.7 Å². The van der Waals surface area contributed by atoms with E-state index in [2.05, 4.69) is 9.97 Å². The Hall–Kier alpha value is -2.96. The van der Waals surface area contributed by atoms with Gasteiger partial charge in [0.2, 0.25) is 0 Å². The SMILES string of the molecule is Nc1ccc(-c2nc3ccc(F)cc3[nH]2)cc1[N+](=O)[O-]. The summed E-state index contributed by atoms with van der Waals surface area (Å²) in [6.07, 6.45) is 0. The molecule has 0 bridgehead atoms. The van der Waals surface area contributed by atoms with Crippen LogP contribution in [0.2, 0.25) is 0 Å².